The van der Waals surface area contributed by atoms with Crippen molar-refractivity contribution < 1.29 is 43.9 Å². The highest BCUT2D eigenvalue weighted by atomic mass is 19.2. The van der Waals surface area contributed by atoms with Gasteiger partial charge in [0.15, 0.2) is 46.5 Å². The Balaban J connectivity index is 1.19. The first kappa shape index (κ1) is 36.2. The Hall–Kier alpha value is -7.15. The zero-order valence-electron chi connectivity index (χ0n) is 30.0. The fraction of sp³-hybridized carbons (Fsp3) is 0.0217. The third-order valence-electron chi connectivity index (χ3n) is 10.8. The van der Waals surface area contributed by atoms with Crippen molar-refractivity contribution in [2.75, 3.05) is 4.90 Å². The normalized spacial score (nSPS) is 12.0. The van der Waals surface area contributed by atoms with Crippen molar-refractivity contribution in [2.24, 2.45) is 0 Å². The van der Waals surface area contributed by atoms with Gasteiger partial charge in [-0.25, -0.2) is 43.9 Å². The summed E-state index contributed by atoms with van der Waals surface area (Å²) in [5.74, 6) is -25.5. The SMILES string of the molecule is Cc1cnc2c3c4ccc5ccc(-c6ccc(N(c7c(F)c(F)c(F)c(F)c7F)c7c(F)c(F)c(F)c(F)c7F)cc6)c6ccc(cc3n(-c3ccccc3)c2c1)c4c56. The van der Waals surface area contributed by atoms with Crippen LogP contribution in [0.2, 0.25) is 0 Å². The van der Waals surface area contributed by atoms with E-state index >= 15 is 17.6 Å². The Kier molecular flexibility index (Phi) is 7.94. The lowest BCUT2D eigenvalue weighted by molar-refractivity contribution is 0.375. The van der Waals surface area contributed by atoms with E-state index < -0.39 is 75.2 Å². The molecule has 0 aliphatic heterocycles. The Labute approximate surface area is 325 Å². The summed E-state index contributed by atoms with van der Waals surface area (Å²) < 4.78 is 150. The first-order chi connectivity index (χ1) is 28.4. The van der Waals surface area contributed by atoms with Crippen molar-refractivity contribution in [3.05, 3.63) is 173 Å². The summed E-state index contributed by atoms with van der Waals surface area (Å²) in [5, 5.41) is 6.24. The molecule has 0 saturated heterocycles. The highest BCUT2D eigenvalue weighted by molar-refractivity contribution is 6.33. The van der Waals surface area contributed by atoms with Crippen molar-refractivity contribution >= 4 is 71.3 Å². The number of benzene rings is 8. The molecular formula is C46H21F10N3. The highest BCUT2D eigenvalue weighted by Gasteiger charge is 2.37. The van der Waals surface area contributed by atoms with Gasteiger partial charge in [0.25, 0.3) is 0 Å². The molecule has 0 fully saturated rings. The van der Waals surface area contributed by atoms with Crippen molar-refractivity contribution in [1.29, 1.82) is 0 Å². The number of anilines is 3. The summed E-state index contributed by atoms with van der Waals surface area (Å²) in [6.07, 6.45) is 1.82. The summed E-state index contributed by atoms with van der Waals surface area (Å²) in [6, 6.07) is 30.3. The number of halogens is 10. The summed E-state index contributed by atoms with van der Waals surface area (Å²) in [4.78, 5) is 4.65. The van der Waals surface area contributed by atoms with E-state index in [1.807, 2.05) is 73.8 Å². The zero-order chi connectivity index (χ0) is 41.2. The molecule has 10 aromatic rings. The van der Waals surface area contributed by atoms with Crippen LogP contribution in [0.15, 0.2) is 109 Å². The number of nitrogens with zero attached hydrogens (tertiary/aromatic N) is 3. The fourth-order valence-corrected chi connectivity index (χ4v) is 8.18. The van der Waals surface area contributed by atoms with Gasteiger partial charge in [0, 0.05) is 23.0 Å². The topological polar surface area (TPSA) is 21.1 Å². The molecule has 0 aliphatic rings. The molecule has 0 radical (unpaired) electrons. The lowest BCUT2D eigenvalue weighted by Gasteiger charge is -2.27. The molecule has 0 saturated carbocycles. The number of aromatic nitrogens is 2. The lowest BCUT2D eigenvalue weighted by Crippen LogP contribution is -2.21. The van der Waals surface area contributed by atoms with Crippen LogP contribution in [-0.4, -0.2) is 9.55 Å². The standard InChI is InChI=1S/C46H21F10N3/c1-20-17-30-44(57-19-20)33-28-16-10-22-9-14-26(27-15-11-23(32(28)31(22)27)18-29(33)58(30)24-5-3-2-4-6-24)21-7-12-25(13-8-21)59(45-40(53)36(49)34(47)37(50)41(45)54)46-42(55)38(51)35(48)39(52)43(46)56/h2-19H,1H3. The largest absolute Gasteiger partial charge is 0.308 e. The Morgan fingerprint density at radius 2 is 1.00 bits per heavy atom. The predicted octanol–water partition coefficient (Wildman–Crippen LogP) is 13.9. The quantitative estimate of drug-likeness (QED) is 0.0748. The summed E-state index contributed by atoms with van der Waals surface area (Å²) in [7, 11) is 0. The van der Waals surface area contributed by atoms with Crippen LogP contribution in [0, 0.1) is 65.1 Å². The number of pyridine rings is 1. The van der Waals surface area contributed by atoms with E-state index in [-0.39, 0.29) is 4.90 Å². The number of hydrogen-bond acceptors (Lipinski definition) is 2. The maximum atomic E-state index is 15.3. The van der Waals surface area contributed by atoms with Crippen LogP contribution in [0.25, 0.3) is 71.1 Å². The average Bonchev–Trinajstić information content (AvgIpc) is 3.58. The molecule has 0 atom stereocenters. The molecular weight excluding hydrogens is 785 g/mol. The highest BCUT2D eigenvalue weighted by Crippen LogP contribution is 2.47. The van der Waals surface area contributed by atoms with Crippen LogP contribution in [0.4, 0.5) is 61.0 Å². The van der Waals surface area contributed by atoms with Gasteiger partial charge in [0.1, 0.15) is 11.4 Å². The maximum Gasteiger partial charge on any atom is 0.200 e. The third-order valence-corrected chi connectivity index (χ3v) is 10.8. The summed E-state index contributed by atoms with van der Waals surface area (Å²) >= 11 is 0. The summed E-state index contributed by atoms with van der Waals surface area (Å²) in [6.45, 7) is 1.98. The second-order valence-electron chi connectivity index (χ2n) is 14.1. The van der Waals surface area contributed by atoms with Crippen molar-refractivity contribution in [1.82, 2.24) is 9.55 Å². The molecule has 0 unspecified atom stereocenters. The minimum Gasteiger partial charge on any atom is -0.308 e. The van der Waals surface area contributed by atoms with Crippen LogP contribution in [0.5, 0.6) is 0 Å². The molecule has 0 spiro atoms. The second kappa shape index (κ2) is 12.9. The maximum absolute atomic E-state index is 15.3. The van der Waals surface area contributed by atoms with Gasteiger partial charge in [0.05, 0.1) is 16.6 Å². The molecule has 2 aromatic heterocycles. The van der Waals surface area contributed by atoms with E-state index in [0.29, 0.717) is 11.1 Å². The first-order valence-electron chi connectivity index (χ1n) is 17.9. The minimum atomic E-state index is -2.60. The zero-order valence-corrected chi connectivity index (χ0v) is 30.0. The van der Waals surface area contributed by atoms with Crippen molar-refractivity contribution in [3.8, 4) is 16.8 Å². The van der Waals surface area contributed by atoms with E-state index in [1.165, 1.54) is 12.1 Å². The van der Waals surface area contributed by atoms with Gasteiger partial charge in [0.2, 0.25) is 11.6 Å². The number of rotatable bonds is 5. The van der Waals surface area contributed by atoms with Gasteiger partial charge in [-0.1, -0.05) is 66.7 Å². The van der Waals surface area contributed by atoms with Crippen LogP contribution < -0.4 is 4.90 Å². The predicted molar refractivity (Wildman–Crippen MR) is 207 cm³/mol. The van der Waals surface area contributed by atoms with Crippen molar-refractivity contribution in [2.45, 2.75) is 6.92 Å². The Morgan fingerprint density at radius 1 is 0.475 bits per heavy atom. The minimum absolute atomic E-state index is 0.229. The summed E-state index contributed by atoms with van der Waals surface area (Å²) in [5.41, 5.74) is 1.01. The molecule has 290 valence electrons. The average molecular weight is 806 g/mol. The number of para-hydroxylation sites is 1. The second-order valence-corrected chi connectivity index (χ2v) is 14.1. The molecule has 3 nitrogen and oxygen atoms in total. The smallest absolute Gasteiger partial charge is 0.200 e. The third kappa shape index (κ3) is 5.06. The van der Waals surface area contributed by atoms with Gasteiger partial charge in [-0.15, -0.1) is 0 Å². The van der Waals surface area contributed by atoms with Gasteiger partial charge in [-0.05, 0) is 92.3 Å². The lowest BCUT2D eigenvalue weighted by atomic mass is 9.88. The molecule has 59 heavy (non-hydrogen) atoms. The van der Waals surface area contributed by atoms with Crippen molar-refractivity contribution in [3.63, 3.8) is 0 Å². The van der Waals surface area contributed by atoms with E-state index in [9.17, 15) is 26.3 Å². The molecule has 13 heteroatoms. The molecule has 0 N–H and O–H groups in total. The molecule has 2 heterocycles. The van der Waals surface area contributed by atoms with E-state index in [4.69, 9.17) is 4.98 Å². The monoisotopic (exact) mass is 805 g/mol. The molecule has 8 aromatic carbocycles. The number of fused-ring (bicyclic) bond motifs is 4. The fourth-order valence-electron chi connectivity index (χ4n) is 8.18. The molecule has 0 bridgehead atoms. The Bertz CT molecular complexity index is 3270. The molecule has 10 rings (SSSR count). The van der Waals surface area contributed by atoms with E-state index in [1.54, 1.807) is 6.07 Å². The van der Waals surface area contributed by atoms with E-state index in [0.717, 1.165) is 77.6 Å². The van der Waals surface area contributed by atoms with Gasteiger partial charge >= 0.3 is 0 Å². The number of hydrogen-bond donors (Lipinski definition) is 0. The van der Waals surface area contributed by atoms with Gasteiger partial charge in [-0.2, -0.15) is 0 Å². The molecule has 0 aliphatic carbocycles. The Morgan fingerprint density at radius 3 is 1.61 bits per heavy atom. The van der Waals surface area contributed by atoms with Crippen LogP contribution in [-0.2, 0) is 0 Å². The number of aryl methyl sites for hydroxylation is 1. The first-order valence-corrected chi connectivity index (χ1v) is 17.9. The van der Waals surface area contributed by atoms with E-state index in [2.05, 4.69) is 16.7 Å². The molecule has 0 amide bonds. The van der Waals surface area contributed by atoms with Crippen LogP contribution in [0.3, 0.4) is 0 Å². The van der Waals surface area contributed by atoms with Gasteiger partial charge < -0.3 is 4.57 Å². The van der Waals surface area contributed by atoms with Crippen LogP contribution >= 0.6 is 0 Å². The van der Waals surface area contributed by atoms with Gasteiger partial charge in [-0.3, -0.25) is 9.88 Å². The van der Waals surface area contributed by atoms with Crippen LogP contribution in [0.1, 0.15) is 5.56 Å².